The Labute approximate surface area is 142 Å². The molecule has 0 spiro atoms. The number of nitrogens with zero attached hydrogens (tertiary/aromatic N) is 1. The maximum absolute atomic E-state index is 12.0. The highest BCUT2D eigenvalue weighted by atomic mass is 32.1. The molecule has 2 heterocycles. The number of thiazole rings is 1. The summed E-state index contributed by atoms with van der Waals surface area (Å²) < 4.78 is 5.80. The van der Waals surface area contributed by atoms with Crippen molar-refractivity contribution in [3.63, 3.8) is 0 Å². The van der Waals surface area contributed by atoms with Crippen LogP contribution in [0.4, 0.5) is 4.79 Å². The highest BCUT2D eigenvalue weighted by Gasteiger charge is 2.36. The van der Waals surface area contributed by atoms with Gasteiger partial charge in [-0.05, 0) is 44.9 Å². The molecule has 3 rings (SSSR count). The van der Waals surface area contributed by atoms with Gasteiger partial charge in [-0.15, -0.1) is 11.3 Å². The Balaban J connectivity index is 1.37. The van der Waals surface area contributed by atoms with E-state index >= 15 is 0 Å². The minimum absolute atomic E-state index is 0.0598. The Morgan fingerprint density at radius 3 is 2.91 bits per heavy atom. The summed E-state index contributed by atoms with van der Waals surface area (Å²) in [4.78, 5) is 17.9. The lowest BCUT2D eigenvalue weighted by atomic mass is 10.0. The Kier molecular flexibility index (Phi) is 5.54. The zero-order chi connectivity index (χ0) is 16.2. The van der Waals surface area contributed by atoms with Crippen molar-refractivity contribution >= 4 is 17.4 Å². The molecule has 2 N–H and O–H groups in total. The van der Waals surface area contributed by atoms with Crippen molar-refractivity contribution < 1.29 is 9.53 Å². The number of ether oxygens (including phenoxy) is 1. The van der Waals surface area contributed by atoms with E-state index in [4.69, 9.17) is 4.74 Å². The van der Waals surface area contributed by atoms with Crippen molar-refractivity contribution in [2.45, 2.75) is 64.5 Å². The van der Waals surface area contributed by atoms with Crippen LogP contribution in [0.15, 0.2) is 0 Å². The van der Waals surface area contributed by atoms with Gasteiger partial charge in [0.15, 0.2) is 0 Å². The summed E-state index contributed by atoms with van der Waals surface area (Å²) in [7, 11) is 0. The third-order valence-corrected chi connectivity index (χ3v) is 5.77. The van der Waals surface area contributed by atoms with Crippen LogP contribution in [0, 0.1) is 12.8 Å². The second kappa shape index (κ2) is 7.62. The van der Waals surface area contributed by atoms with Crippen molar-refractivity contribution in [1.29, 1.82) is 0 Å². The molecule has 6 heteroatoms. The Morgan fingerprint density at radius 1 is 1.39 bits per heavy atom. The molecule has 128 valence electrons. The van der Waals surface area contributed by atoms with E-state index in [0.717, 1.165) is 43.2 Å². The molecule has 0 bridgehead atoms. The summed E-state index contributed by atoms with van der Waals surface area (Å²) in [5.74, 6) is 0.739. The lowest BCUT2D eigenvalue weighted by molar-refractivity contribution is -0.00913. The van der Waals surface area contributed by atoms with Crippen LogP contribution in [-0.4, -0.2) is 36.3 Å². The maximum Gasteiger partial charge on any atom is 0.315 e. The third-order valence-electron chi connectivity index (χ3n) is 4.69. The van der Waals surface area contributed by atoms with Crippen LogP contribution in [0.3, 0.4) is 0 Å². The first-order valence-corrected chi connectivity index (χ1v) is 9.58. The highest BCUT2D eigenvalue weighted by molar-refractivity contribution is 7.11. The first kappa shape index (κ1) is 16.7. The van der Waals surface area contributed by atoms with Gasteiger partial charge < -0.3 is 15.4 Å². The van der Waals surface area contributed by atoms with E-state index in [2.05, 4.69) is 29.5 Å². The zero-order valence-electron chi connectivity index (χ0n) is 14.1. The first-order valence-electron chi connectivity index (χ1n) is 8.76. The molecule has 1 aliphatic carbocycles. The highest BCUT2D eigenvalue weighted by Crippen LogP contribution is 2.38. The number of carbonyl (C=O) groups is 1. The summed E-state index contributed by atoms with van der Waals surface area (Å²) in [6, 6.07) is 0.193. The number of hydrogen-bond donors (Lipinski definition) is 2. The van der Waals surface area contributed by atoms with Gasteiger partial charge in [0, 0.05) is 30.5 Å². The van der Waals surface area contributed by atoms with E-state index in [9.17, 15) is 4.79 Å². The summed E-state index contributed by atoms with van der Waals surface area (Å²) in [5.41, 5.74) is 1.18. The number of rotatable bonds is 6. The molecule has 1 aromatic heterocycles. The number of urea groups is 1. The number of aromatic nitrogens is 1. The third kappa shape index (κ3) is 4.67. The van der Waals surface area contributed by atoms with E-state index in [-0.39, 0.29) is 12.1 Å². The van der Waals surface area contributed by atoms with Crippen LogP contribution in [-0.2, 0) is 17.6 Å². The van der Waals surface area contributed by atoms with Crippen LogP contribution in [0.5, 0.6) is 0 Å². The summed E-state index contributed by atoms with van der Waals surface area (Å²) in [5, 5.41) is 7.17. The fourth-order valence-electron chi connectivity index (χ4n) is 3.20. The van der Waals surface area contributed by atoms with Crippen molar-refractivity contribution in [2.24, 2.45) is 5.92 Å². The molecule has 2 amide bonds. The van der Waals surface area contributed by atoms with Crippen molar-refractivity contribution in [3.8, 4) is 0 Å². The Bertz CT molecular complexity index is 542. The van der Waals surface area contributed by atoms with Crippen LogP contribution >= 0.6 is 11.3 Å². The molecule has 2 fully saturated rings. The standard InChI is InChI=1S/C17H27N3O2S/c1-3-14-11(2)23-16(20-14)6-8-18-17(21)19-13-7-9-22-15(10-13)12-4-5-12/h12-13,15H,3-10H2,1-2H3,(H2,18,19,21)/t13-,15-/m1/s1. The van der Waals surface area contributed by atoms with Crippen molar-refractivity contribution in [3.05, 3.63) is 15.6 Å². The number of nitrogens with one attached hydrogen (secondary N) is 2. The molecule has 1 saturated heterocycles. The fraction of sp³-hybridized carbons (Fsp3) is 0.765. The number of aryl methyl sites for hydroxylation is 2. The molecule has 1 saturated carbocycles. The number of carbonyl (C=O) groups excluding carboxylic acids is 1. The van der Waals surface area contributed by atoms with Gasteiger partial charge in [-0.1, -0.05) is 6.92 Å². The molecule has 1 aliphatic heterocycles. The van der Waals surface area contributed by atoms with Crippen LogP contribution < -0.4 is 10.6 Å². The second-order valence-electron chi connectivity index (χ2n) is 6.58. The summed E-state index contributed by atoms with van der Waals surface area (Å²) in [6.45, 7) is 5.64. The SMILES string of the molecule is CCc1nc(CCNC(=O)N[C@@H]2CCO[C@@H](C3CC3)C2)sc1C. The van der Waals surface area contributed by atoms with Gasteiger partial charge in [0.1, 0.15) is 0 Å². The van der Waals surface area contributed by atoms with E-state index in [1.54, 1.807) is 11.3 Å². The summed E-state index contributed by atoms with van der Waals surface area (Å²) in [6.07, 6.45) is 6.60. The van der Waals surface area contributed by atoms with Gasteiger partial charge >= 0.3 is 6.03 Å². The lowest BCUT2D eigenvalue weighted by Crippen LogP contribution is -2.47. The average molecular weight is 337 g/mol. The smallest absolute Gasteiger partial charge is 0.315 e. The predicted molar refractivity (Wildman–Crippen MR) is 92.0 cm³/mol. The van der Waals surface area contributed by atoms with Crippen LogP contribution in [0.2, 0.25) is 0 Å². The molecule has 0 radical (unpaired) electrons. The minimum atomic E-state index is -0.0598. The Morgan fingerprint density at radius 2 is 2.22 bits per heavy atom. The number of hydrogen-bond acceptors (Lipinski definition) is 4. The monoisotopic (exact) mass is 337 g/mol. The van der Waals surface area contributed by atoms with E-state index in [0.29, 0.717) is 12.6 Å². The topological polar surface area (TPSA) is 63.2 Å². The van der Waals surface area contributed by atoms with Gasteiger partial charge in [0.25, 0.3) is 0 Å². The summed E-state index contributed by atoms with van der Waals surface area (Å²) >= 11 is 1.74. The molecule has 0 aromatic carbocycles. The normalized spacial score (nSPS) is 24.4. The average Bonchev–Trinajstić information content (AvgIpc) is 3.32. The minimum Gasteiger partial charge on any atom is -0.378 e. The lowest BCUT2D eigenvalue weighted by Gasteiger charge is -2.30. The second-order valence-corrected chi connectivity index (χ2v) is 7.87. The number of amides is 2. The molecule has 2 aliphatic rings. The zero-order valence-corrected chi connectivity index (χ0v) is 14.9. The van der Waals surface area contributed by atoms with Gasteiger partial charge in [0.05, 0.1) is 16.8 Å². The quantitative estimate of drug-likeness (QED) is 0.839. The van der Waals surface area contributed by atoms with Crippen LogP contribution in [0.1, 0.15) is 48.2 Å². The fourth-order valence-corrected chi connectivity index (χ4v) is 4.22. The van der Waals surface area contributed by atoms with Gasteiger partial charge in [-0.25, -0.2) is 9.78 Å². The molecule has 0 unspecified atom stereocenters. The van der Waals surface area contributed by atoms with Gasteiger partial charge in [0.2, 0.25) is 0 Å². The molecule has 23 heavy (non-hydrogen) atoms. The van der Waals surface area contributed by atoms with Crippen molar-refractivity contribution in [1.82, 2.24) is 15.6 Å². The predicted octanol–water partition coefficient (Wildman–Crippen LogP) is 2.81. The van der Waals surface area contributed by atoms with Crippen LogP contribution in [0.25, 0.3) is 0 Å². The molecule has 5 nitrogen and oxygen atoms in total. The maximum atomic E-state index is 12.0. The van der Waals surface area contributed by atoms with E-state index in [1.165, 1.54) is 23.4 Å². The van der Waals surface area contributed by atoms with Gasteiger partial charge in [-0.2, -0.15) is 0 Å². The first-order chi connectivity index (χ1) is 11.2. The molecular weight excluding hydrogens is 310 g/mol. The molecular formula is C17H27N3O2S. The largest absolute Gasteiger partial charge is 0.378 e. The van der Waals surface area contributed by atoms with Crippen molar-refractivity contribution in [2.75, 3.05) is 13.2 Å². The van der Waals surface area contributed by atoms with E-state index in [1.807, 2.05) is 0 Å². The van der Waals surface area contributed by atoms with E-state index < -0.39 is 0 Å². The molecule has 1 aromatic rings. The van der Waals surface area contributed by atoms with Gasteiger partial charge in [-0.3, -0.25) is 0 Å². The molecule has 2 atom stereocenters. The Hall–Kier alpha value is -1.14.